The number of ether oxygens (including phenoxy) is 1. The van der Waals surface area contributed by atoms with E-state index in [1.807, 2.05) is 18.2 Å². The van der Waals surface area contributed by atoms with E-state index < -0.39 is 0 Å². The van der Waals surface area contributed by atoms with Crippen LogP contribution in [-0.2, 0) is 20.7 Å². The van der Waals surface area contributed by atoms with Gasteiger partial charge in [-0.3, -0.25) is 4.79 Å². The number of fused-ring (bicyclic) bond motifs is 1. The van der Waals surface area contributed by atoms with Gasteiger partial charge in [0.15, 0.2) is 0 Å². The molecular weight excluding hydrogens is 240 g/mol. The number of rotatable bonds is 4. The Kier molecular flexibility index (Phi) is 4.29. The third-order valence-electron chi connectivity index (χ3n) is 3.13. The molecule has 0 fully saturated rings. The number of hydrogen-bond acceptors (Lipinski definition) is 3. The molecule has 0 N–H and O–H groups in total. The van der Waals surface area contributed by atoms with Crippen molar-refractivity contribution in [3.05, 3.63) is 53.1 Å². The molecule has 0 radical (unpaired) electrons. The summed E-state index contributed by atoms with van der Waals surface area (Å²) in [5.74, 6) is -0.386. The summed E-state index contributed by atoms with van der Waals surface area (Å²) in [5.41, 5.74) is 3.79. The van der Waals surface area contributed by atoms with Crippen LogP contribution < -0.4 is 0 Å². The van der Waals surface area contributed by atoms with Gasteiger partial charge >= 0.3 is 5.97 Å². The van der Waals surface area contributed by atoms with Crippen molar-refractivity contribution in [2.24, 2.45) is 0 Å². The zero-order valence-corrected chi connectivity index (χ0v) is 10.9. The average molecular weight is 256 g/mol. The van der Waals surface area contributed by atoms with Gasteiger partial charge in [-0.25, -0.2) is 4.79 Å². The smallest absolute Gasteiger partial charge is 0.330 e. The van der Waals surface area contributed by atoms with Crippen molar-refractivity contribution in [3.8, 4) is 0 Å². The summed E-state index contributed by atoms with van der Waals surface area (Å²) in [5, 5.41) is 0. The fourth-order valence-corrected chi connectivity index (χ4v) is 2.24. The lowest BCUT2D eigenvalue weighted by molar-refractivity contribution is -0.137. The molecule has 1 aromatic carbocycles. The van der Waals surface area contributed by atoms with Crippen LogP contribution in [0.2, 0.25) is 0 Å². The molecule has 0 bridgehead atoms. The first-order valence-corrected chi connectivity index (χ1v) is 6.37. The molecule has 19 heavy (non-hydrogen) atoms. The number of hydrogen-bond donors (Lipinski definition) is 0. The van der Waals surface area contributed by atoms with Gasteiger partial charge in [0.1, 0.15) is 6.29 Å². The van der Waals surface area contributed by atoms with Gasteiger partial charge in [-0.1, -0.05) is 24.3 Å². The molecule has 98 valence electrons. The van der Waals surface area contributed by atoms with E-state index in [0.29, 0.717) is 13.0 Å². The van der Waals surface area contributed by atoms with Crippen molar-refractivity contribution in [3.63, 3.8) is 0 Å². The number of allylic oxidation sites excluding steroid dienone is 3. The normalized spacial score (nSPS) is 14.4. The van der Waals surface area contributed by atoms with Crippen LogP contribution in [0.3, 0.4) is 0 Å². The summed E-state index contributed by atoms with van der Waals surface area (Å²) < 4.78 is 4.85. The van der Waals surface area contributed by atoms with Crippen LogP contribution in [0.5, 0.6) is 0 Å². The van der Waals surface area contributed by atoms with Gasteiger partial charge in [-0.2, -0.15) is 0 Å². The van der Waals surface area contributed by atoms with Crippen LogP contribution in [0, 0.1) is 0 Å². The number of carbonyl (C=O) groups is 2. The molecule has 1 aliphatic carbocycles. The molecule has 3 nitrogen and oxygen atoms in total. The SMILES string of the molecule is CCOC(=O)/C=C/C1=C(C=O)CCc2ccccc21. The van der Waals surface area contributed by atoms with Gasteiger partial charge in [-0.15, -0.1) is 0 Å². The van der Waals surface area contributed by atoms with Crippen molar-refractivity contribution in [2.45, 2.75) is 19.8 Å². The van der Waals surface area contributed by atoms with E-state index in [4.69, 9.17) is 4.74 Å². The predicted molar refractivity (Wildman–Crippen MR) is 73.5 cm³/mol. The minimum atomic E-state index is -0.386. The summed E-state index contributed by atoms with van der Waals surface area (Å²) in [6.45, 7) is 2.11. The molecule has 1 aromatic rings. The summed E-state index contributed by atoms with van der Waals surface area (Å²) in [4.78, 5) is 22.5. The summed E-state index contributed by atoms with van der Waals surface area (Å²) in [6, 6.07) is 7.94. The zero-order valence-electron chi connectivity index (χ0n) is 10.9. The highest BCUT2D eigenvalue weighted by atomic mass is 16.5. The number of benzene rings is 1. The van der Waals surface area contributed by atoms with Gasteiger partial charge in [-0.05, 0) is 42.5 Å². The van der Waals surface area contributed by atoms with Gasteiger partial charge < -0.3 is 4.74 Å². The van der Waals surface area contributed by atoms with E-state index >= 15 is 0 Å². The molecule has 0 heterocycles. The molecule has 2 rings (SSSR count). The van der Waals surface area contributed by atoms with E-state index in [1.54, 1.807) is 13.0 Å². The van der Waals surface area contributed by atoms with Gasteiger partial charge in [0.05, 0.1) is 6.61 Å². The molecule has 1 aliphatic rings. The molecule has 0 saturated carbocycles. The van der Waals surface area contributed by atoms with E-state index in [1.165, 1.54) is 11.6 Å². The largest absolute Gasteiger partial charge is 0.463 e. The first-order chi connectivity index (χ1) is 9.26. The number of aldehydes is 1. The van der Waals surface area contributed by atoms with Gasteiger partial charge in [0.25, 0.3) is 0 Å². The summed E-state index contributed by atoms with van der Waals surface area (Å²) in [6.07, 6.45) is 5.51. The van der Waals surface area contributed by atoms with E-state index in [-0.39, 0.29) is 5.97 Å². The predicted octanol–water partition coefficient (Wildman–Crippen LogP) is 2.70. The minimum Gasteiger partial charge on any atom is -0.463 e. The number of esters is 1. The monoisotopic (exact) mass is 256 g/mol. The first kappa shape index (κ1) is 13.3. The Labute approximate surface area is 112 Å². The Balaban J connectivity index is 2.36. The second-order valence-electron chi connectivity index (χ2n) is 4.30. The lowest BCUT2D eigenvalue weighted by atomic mass is 9.86. The Hall–Kier alpha value is -2.16. The second-order valence-corrected chi connectivity index (χ2v) is 4.30. The highest BCUT2D eigenvalue weighted by molar-refractivity contribution is 5.96. The van der Waals surface area contributed by atoms with Gasteiger partial charge in [0.2, 0.25) is 0 Å². The lowest BCUT2D eigenvalue weighted by Crippen LogP contribution is -2.05. The molecular formula is C16H16O3. The maximum absolute atomic E-state index is 11.4. The molecule has 0 spiro atoms. The third kappa shape index (κ3) is 2.99. The maximum Gasteiger partial charge on any atom is 0.330 e. The fourth-order valence-electron chi connectivity index (χ4n) is 2.24. The fraction of sp³-hybridized carbons (Fsp3) is 0.250. The third-order valence-corrected chi connectivity index (χ3v) is 3.13. The second kappa shape index (κ2) is 6.14. The molecule has 0 aliphatic heterocycles. The van der Waals surface area contributed by atoms with E-state index in [0.717, 1.165) is 29.4 Å². The lowest BCUT2D eigenvalue weighted by Gasteiger charge is -2.18. The van der Waals surface area contributed by atoms with Gasteiger partial charge in [0, 0.05) is 11.6 Å². The van der Waals surface area contributed by atoms with Crippen molar-refractivity contribution < 1.29 is 14.3 Å². The van der Waals surface area contributed by atoms with Crippen LogP contribution in [-0.4, -0.2) is 18.9 Å². The minimum absolute atomic E-state index is 0.347. The van der Waals surface area contributed by atoms with Crippen molar-refractivity contribution in [2.75, 3.05) is 6.61 Å². The van der Waals surface area contributed by atoms with Crippen LogP contribution in [0.4, 0.5) is 0 Å². The van der Waals surface area contributed by atoms with Crippen LogP contribution in [0.1, 0.15) is 24.5 Å². The highest BCUT2D eigenvalue weighted by Crippen LogP contribution is 2.31. The number of aryl methyl sites for hydroxylation is 1. The molecule has 0 unspecified atom stereocenters. The van der Waals surface area contributed by atoms with Crippen molar-refractivity contribution in [1.82, 2.24) is 0 Å². The number of carbonyl (C=O) groups excluding carboxylic acids is 2. The average Bonchev–Trinajstić information content (AvgIpc) is 2.44. The molecule has 3 heteroatoms. The van der Waals surface area contributed by atoms with E-state index in [2.05, 4.69) is 6.07 Å². The Morgan fingerprint density at radius 2 is 2.11 bits per heavy atom. The van der Waals surface area contributed by atoms with Crippen molar-refractivity contribution >= 4 is 17.8 Å². The van der Waals surface area contributed by atoms with E-state index in [9.17, 15) is 9.59 Å². The molecule has 0 aromatic heterocycles. The summed E-state index contributed by atoms with van der Waals surface area (Å²) in [7, 11) is 0. The molecule has 0 saturated heterocycles. The topological polar surface area (TPSA) is 43.4 Å². The maximum atomic E-state index is 11.4. The zero-order chi connectivity index (χ0) is 13.7. The molecule has 0 atom stereocenters. The first-order valence-electron chi connectivity index (χ1n) is 6.37. The van der Waals surface area contributed by atoms with Crippen molar-refractivity contribution in [1.29, 1.82) is 0 Å². The standard InChI is InChI=1S/C16H16O3/c1-2-19-16(18)10-9-15-13(11-17)8-7-12-5-3-4-6-14(12)15/h3-6,9-11H,2,7-8H2,1H3/b10-9+. The Morgan fingerprint density at radius 3 is 2.84 bits per heavy atom. The van der Waals surface area contributed by atoms with Crippen LogP contribution >= 0.6 is 0 Å². The highest BCUT2D eigenvalue weighted by Gasteiger charge is 2.16. The Morgan fingerprint density at radius 1 is 1.32 bits per heavy atom. The molecule has 0 amide bonds. The van der Waals surface area contributed by atoms with Crippen LogP contribution in [0.25, 0.3) is 5.57 Å². The Bertz CT molecular complexity index is 553. The summed E-state index contributed by atoms with van der Waals surface area (Å²) >= 11 is 0. The van der Waals surface area contributed by atoms with Crippen LogP contribution in [0.15, 0.2) is 42.0 Å². The quantitative estimate of drug-likeness (QED) is 0.472.